The number of anilines is 1. The topological polar surface area (TPSA) is 38.1 Å². The molecule has 0 saturated heterocycles. The summed E-state index contributed by atoms with van der Waals surface area (Å²) in [6.07, 6.45) is 6.91. The van der Waals surface area contributed by atoms with Crippen LogP contribution in [0.4, 0.5) is 5.69 Å². The van der Waals surface area contributed by atoms with Crippen LogP contribution >= 0.6 is 0 Å². The van der Waals surface area contributed by atoms with Crippen molar-refractivity contribution in [3.05, 3.63) is 73.0 Å². The summed E-state index contributed by atoms with van der Waals surface area (Å²) in [5.74, 6) is 0. The lowest BCUT2D eigenvalue weighted by Crippen LogP contribution is -2.51. The van der Waals surface area contributed by atoms with Crippen molar-refractivity contribution < 1.29 is 4.74 Å². The van der Waals surface area contributed by atoms with Gasteiger partial charge in [0.25, 0.3) is 5.66 Å². The molecule has 1 aromatic carbocycles. The molecule has 1 heterocycles. The molecule has 104 valence electrons. The van der Waals surface area contributed by atoms with E-state index in [0.717, 1.165) is 21.7 Å². The number of rotatable bonds is 6. The summed E-state index contributed by atoms with van der Waals surface area (Å²) in [5.41, 5.74) is 1.90. The predicted octanol–water partition coefficient (Wildman–Crippen LogP) is 3.84. The van der Waals surface area contributed by atoms with Gasteiger partial charge in [0.05, 0.1) is 30.5 Å². The van der Waals surface area contributed by atoms with E-state index < -0.39 is 5.66 Å². The molecule has 1 N–H and O–H groups in total. The molecule has 1 aliphatic heterocycles. The molecule has 0 radical (unpaired) electrons. The molecule has 0 spiro atoms. The van der Waals surface area contributed by atoms with Crippen LogP contribution in [0, 0.1) is 5.21 Å². The number of fused-ring (bicyclic) bond motifs is 1. The Bertz CT molecular complexity index is 562. The van der Waals surface area contributed by atoms with Crippen LogP contribution in [0.5, 0.6) is 0 Å². The second kappa shape index (κ2) is 5.78. The molecule has 0 amide bonds. The third-order valence-electron chi connectivity index (χ3n) is 3.54. The Kier molecular flexibility index (Phi) is 4.08. The van der Waals surface area contributed by atoms with Crippen LogP contribution in [-0.4, -0.2) is 16.1 Å². The number of benzene rings is 1. The standard InChI is InChI=1S/C17H20N2O/c1-4-9-16-14-10-7-8-11-15(14)18-17(12-5-2,13-6-3)19(16)20/h4-8,10-11,18H,1-3,9,12-13H2. The Morgan fingerprint density at radius 3 is 2.35 bits per heavy atom. The summed E-state index contributed by atoms with van der Waals surface area (Å²) in [6, 6.07) is 7.85. The Hall–Kier alpha value is -2.29. The molecule has 1 aliphatic rings. The van der Waals surface area contributed by atoms with Gasteiger partial charge in [-0.1, -0.05) is 30.4 Å². The Morgan fingerprint density at radius 1 is 1.10 bits per heavy atom. The molecule has 0 unspecified atom stereocenters. The molecule has 20 heavy (non-hydrogen) atoms. The van der Waals surface area contributed by atoms with E-state index in [1.165, 1.54) is 0 Å². The number of hydrogen-bond acceptors (Lipinski definition) is 2. The molecule has 0 saturated carbocycles. The molecule has 0 fully saturated rings. The maximum atomic E-state index is 12.9. The van der Waals surface area contributed by atoms with Crippen molar-refractivity contribution in [1.29, 1.82) is 0 Å². The molecule has 1 aromatic rings. The summed E-state index contributed by atoms with van der Waals surface area (Å²) in [7, 11) is 0. The molecular formula is C17H20N2O. The maximum absolute atomic E-state index is 12.9. The van der Waals surface area contributed by atoms with E-state index >= 15 is 0 Å². The summed E-state index contributed by atoms with van der Waals surface area (Å²) in [5, 5.41) is 16.2. The lowest BCUT2D eigenvalue weighted by Gasteiger charge is -2.37. The highest BCUT2D eigenvalue weighted by Crippen LogP contribution is 2.32. The Labute approximate surface area is 120 Å². The second-order valence-electron chi connectivity index (χ2n) is 4.92. The quantitative estimate of drug-likeness (QED) is 0.483. The van der Waals surface area contributed by atoms with E-state index in [4.69, 9.17) is 0 Å². The normalized spacial score (nSPS) is 16.0. The van der Waals surface area contributed by atoms with E-state index in [1.807, 2.05) is 24.3 Å². The lowest BCUT2D eigenvalue weighted by atomic mass is 9.94. The van der Waals surface area contributed by atoms with E-state index in [-0.39, 0.29) is 0 Å². The minimum Gasteiger partial charge on any atom is -0.622 e. The van der Waals surface area contributed by atoms with E-state index in [9.17, 15) is 5.21 Å². The first-order valence-corrected chi connectivity index (χ1v) is 6.72. The summed E-state index contributed by atoms with van der Waals surface area (Å²) >= 11 is 0. The second-order valence-corrected chi connectivity index (χ2v) is 4.92. The molecule has 3 nitrogen and oxygen atoms in total. The van der Waals surface area contributed by atoms with Crippen molar-refractivity contribution in [2.45, 2.75) is 24.9 Å². The molecule has 0 aromatic heterocycles. The highest BCUT2D eigenvalue weighted by molar-refractivity contribution is 6.03. The first-order chi connectivity index (χ1) is 9.68. The average Bonchev–Trinajstić information content (AvgIpc) is 2.44. The van der Waals surface area contributed by atoms with Gasteiger partial charge in [0.1, 0.15) is 0 Å². The highest BCUT2D eigenvalue weighted by Gasteiger charge is 2.42. The van der Waals surface area contributed by atoms with Crippen molar-refractivity contribution in [3.63, 3.8) is 0 Å². The van der Waals surface area contributed by atoms with Gasteiger partial charge in [0.15, 0.2) is 0 Å². The smallest absolute Gasteiger partial charge is 0.253 e. The van der Waals surface area contributed by atoms with Crippen LogP contribution in [0.2, 0.25) is 0 Å². The van der Waals surface area contributed by atoms with Gasteiger partial charge in [-0.25, -0.2) is 0 Å². The fraction of sp³-hybridized carbons (Fsp3) is 0.235. The Balaban J connectivity index is 2.63. The van der Waals surface area contributed by atoms with Crippen LogP contribution in [0.15, 0.2) is 62.2 Å². The van der Waals surface area contributed by atoms with Gasteiger partial charge in [-0.15, -0.1) is 19.7 Å². The SMILES string of the molecule is C=CCC1=[N+]([O-])C(CC=C)(CC=C)Nc2ccccc21. The van der Waals surface area contributed by atoms with Crippen molar-refractivity contribution in [1.82, 2.24) is 0 Å². The number of hydrogen-bond donors (Lipinski definition) is 1. The Morgan fingerprint density at radius 2 is 1.75 bits per heavy atom. The van der Waals surface area contributed by atoms with Gasteiger partial charge < -0.3 is 10.5 Å². The monoisotopic (exact) mass is 268 g/mol. The van der Waals surface area contributed by atoms with Gasteiger partial charge >= 0.3 is 0 Å². The highest BCUT2D eigenvalue weighted by atomic mass is 16.5. The van der Waals surface area contributed by atoms with Crippen LogP contribution < -0.4 is 5.32 Å². The number of para-hydroxylation sites is 1. The molecule has 0 bridgehead atoms. The van der Waals surface area contributed by atoms with E-state index in [2.05, 4.69) is 25.1 Å². The van der Waals surface area contributed by atoms with Gasteiger partial charge in [-0.2, -0.15) is 4.74 Å². The van der Waals surface area contributed by atoms with Gasteiger partial charge in [-0.05, 0) is 12.1 Å². The minimum atomic E-state index is -0.740. The molecule has 0 aliphatic carbocycles. The van der Waals surface area contributed by atoms with Crippen LogP contribution in [0.25, 0.3) is 0 Å². The molecule has 0 atom stereocenters. The van der Waals surface area contributed by atoms with Gasteiger partial charge in [0.2, 0.25) is 5.71 Å². The van der Waals surface area contributed by atoms with Crippen molar-refractivity contribution in [2.24, 2.45) is 0 Å². The zero-order valence-electron chi connectivity index (χ0n) is 11.6. The van der Waals surface area contributed by atoms with Crippen LogP contribution in [0.1, 0.15) is 24.8 Å². The fourth-order valence-corrected chi connectivity index (χ4v) is 2.67. The number of nitrogens with zero attached hydrogens (tertiary/aromatic N) is 1. The van der Waals surface area contributed by atoms with E-state index in [0.29, 0.717) is 19.3 Å². The van der Waals surface area contributed by atoms with Crippen molar-refractivity contribution in [3.8, 4) is 0 Å². The van der Waals surface area contributed by atoms with Crippen LogP contribution in [-0.2, 0) is 0 Å². The summed E-state index contributed by atoms with van der Waals surface area (Å²) in [4.78, 5) is 0. The molecular weight excluding hydrogens is 248 g/mol. The third-order valence-corrected chi connectivity index (χ3v) is 3.54. The molecule has 2 rings (SSSR count). The predicted molar refractivity (Wildman–Crippen MR) is 85.0 cm³/mol. The lowest BCUT2D eigenvalue weighted by molar-refractivity contribution is -0.542. The van der Waals surface area contributed by atoms with Gasteiger partial charge in [-0.3, -0.25) is 0 Å². The van der Waals surface area contributed by atoms with Crippen molar-refractivity contribution >= 4 is 11.4 Å². The number of allylic oxidation sites excluding steroid dienone is 1. The average molecular weight is 268 g/mol. The van der Waals surface area contributed by atoms with E-state index in [1.54, 1.807) is 18.2 Å². The number of nitrogens with one attached hydrogen (secondary N) is 1. The zero-order valence-corrected chi connectivity index (χ0v) is 11.6. The summed E-state index contributed by atoms with van der Waals surface area (Å²) < 4.78 is 1.07. The largest absolute Gasteiger partial charge is 0.622 e. The summed E-state index contributed by atoms with van der Waals surface area (Å²) in [6.45, 7) is 11.3. The first kappa shape index (κ1) is 14.1. The first-order valence-electron chi connectivity index (χ1n) is 6.72. The number of hydroxylamine groups is 1. The van der Waals surface area contributed by atoms with Crippen LogP contribution in [0.3, 0.4) is 0 Å². The zero-order chi connectivity index (χ0) is 14.6. The maximum Gasteiger partial charge on any atom is 0.253 e. The fourth-order valence-electron chi connectivity index (χ4n) is 2.67. The van der Waals surface area contributed by atoms with Gasteiger partial charge in [0, 0.05) is 0 Å². The van der Waals surface area contributed by atoms with Crippen molar-refractivity contribution in [2.75, 3.05) is 5.32 Å². The third kappa shape index (κ3) is 2.27. The minimum absolute atomic E-state index is 0.539. The molecule has 3 heteroatoms.